The SMILES string of the molecule is CN(C)CC1=NC=C(N)S1(=O)=O. The van der Waals surface area contributed by atoms with Gasteiger partial charge < -0.3 is 10.6 Å². The normalized spacial score (nSPS) is 20.9. The molecule has 2 N–H and O–H groups in total. The van der Waals surface area contributed by atoms with Gasteiger partial charge >= 0.3 is 0 Å². The molecular weight excluding hydrogens is 178 g/mol. The minimum Gasteiger partial charge on any atom is -0.388 e. The molecule has 6 heteroatoms. The summed E-state index contributed by atoms with van der Waals surface area (Å²) in [6, 6.07) is 0. The van der Waals surface area contributed by atoms with Crippen molar-refractivity contribution in [3.63, 3.8) is 0 Å². The van der Waals surface area contributed by atoms with E-state index in [1.807, 2.05) is 0 Å². The lowest BCUT2D eigenvalue weighted by atomic mass is 10.6. The van der Waals surface area contributed by atoms with Gasteiger partial charge in [-0.05, 0) is 14.1 Å². The van der Waals surface area contributed by atoms with Crippen molar-refractivity contribution in [3.05, 3.63) is 11.2 Å². The molecule has 1 heterocycles. The first-order chi connectivity index (χ1) is 5.44. The van der Waals surface area contributed by atoms with Crippen LogP contribution in [0.25, 0.3) is 0 Å². The van der Waals surface area contributed by atoms with Crippen LogP contribution in [0.3, 0.4) is 0 Å². The quantitative estimate of drug-likeness (QED) is 0.613. The average Bonchev–Trinajstić information content (AvgIpc) is 2.15. The van der Waals surface area contributed by atoms with Crippen LogP contribution >= 0.6 is 0 Å². The van der Waals surface area contributed by atoms with E-state index in [-0.39, 0.29) is 10.1 Å². The third-order valence-corrected chi connectivity index (χ3v) is 2.99. The minimum absolute atomic E-state index is 0.116. The van der Waals surface area contributed by atoms with Crippen LogP contribution < -0.4 is 5.73 Å². The largest absolute Gasteiger partial charge is 0.388 e. The topological polar surface area (TPSA) is 75.8 Å². The van der Waals surface area contributed by atoms with Crippen LogP contribution in [0.1, 0.15) is 0 Å². The molecule has 0 aromatic heterocycles. The molecule has 0 saturated carbocycles. The fourth-order valence-corrected chi connectivity index (χ4v) is 1.89. The van der Waals surface area contributed by atoms with E-state index in [9.17, 15) is 8.42 Å². The highest BCUT2D eigenvalue weighted by Gasteiger charge is 2.27. The first kappa shape index (κ1) is 9.21. The van der Waals surface area contributed by atoms with Crippen molar-refractivity contribution in [2.75, 3.05) is 20.6 Å². The Bertz CT molecular complexity index is 340. The van der Waals surface area contributed by atoms with E-state index in [2.05, 4.69) is 4.99 Å². The van der Waals surface area contributed by atoms with Crippen LogP contribution in [0.5, 0.6) is 0 Å². The second kappa shape index (κ2) is 2.87. The van der Waals surface area contributed by atoms with Gasteiger partial charge in [-0.3, -0.25) is 0 Å². The lowest BCUT2D eigenvalue weighted by Gasteiger charge is -2.08. The minimum atomic E-state index is -3.41. The Kier molecular flexibility index (Phi) is 2.20. The van der Waals surface area contributed by atoms with Crippen LogP contribution in [-0.2, 0) is 9.84 Å². The molecule has 0 saturated heterocycles. The molecule has 1 aliphatic heterocycles. The maximum atomic E-state index is 11.3. The summed E-state index contributed by atoms with van der Waals surface area (Å²) in [5.41, 5.74) is 5.22. The molecule has 0 amide bonds. The highest BCUT2D eigenvalue weighted by atomic mass is 32.2. The zero-order chi connectivity index (χ0) is 9.35. The lowest BCUT2D eigenvalue weighted by molar-refractivity contribution is 0.471. The van der Waals surface area contributed by atoms with E-state index in [0.29, 0.717) is 6.54 Å². The van der Waals surface area contributed by atoms with Gasteiger partial charge in [-0.2, -0.15) is 0 Å². The number of aliphatic imine (C=N–C) groups is 1. The van der Waals surface area contributed by atoms with Crippen LogP contribution in [0, 0.1) is 0 Å². The van der Waals surface area contributed by atoms with E-state index in [1.165, 1.54) is 6.20 Å². The lowest BCUT2D eigenvalue weighted by Crippen LogP contribution is -2.28. The molecular formula is C6H11N3O2S. The molecule has 0 radical (unpaired) electrons. The Morgan fingerprint density at radius 1 is 1.58 bits per heavy atom. The second-order valence-electron chi connectivity index (χ2n) is 2.80. The molecule has 12 heavy (non-hydrogen) atoms. The van der Waals surface area contributed by atoms with Crippen LogP contribution in [0.2, 0.25) is 0 Å². The van der Waals surface area contributed by atoms with Gasteiger partial charge in [0.25, 0.3) is 0 Å². The van der Waals surface area contributed by atoms with Crippen molar-refractivity contribution in [1.29, 1.82) is 0 Å². The monoisotopic (exact) mass is 189 g/mol. The maximum Gasteiger partial charge on any atom is 0.237 e. The summed E-state index contributed by atoms with van der Waals surface area (Å²) in [6.45, 7) is 0.291. The Morgan fingerprint density at radius 2 is 2.17 bits per heavy atom. The molecule has 0 aromatic carbocycles. The van der Waals surface area contributed by atoms with Crippen molar-refractivity contribution < 1.29 is 8.42 Å². The standard InChI is InChI=1S/C6H11N3O2S/c1-9(2)4-6-8-3-5(7)12(6,10)11/h3H,4,7H2,1-2H3. The molecule has 0 fully saturated rings. The third-order valence-electron chi connectivity index (χ3n) is 1.41. The van der Waals surface area contributed by atoms with E-state index in [1.54, 1.807) is 19.0 Å². The predicted molar refractivity (Wildman–Crippen MR) is 47.2 cm³/mol. The van der Waals surface area contributed by atoms with Gasteiger partial charge in [0.1, 0.15) is 0 Å². The highest BCUT2D eigenvalue weighted by molar-refractivity contribution is 8.10. The number of hydrogen-bond acceptors (Lipinski definition) is 5. The molecule has 0 atom stereocenters. The van der Waals surface area contributed by atoms with Gasteiger partial charge in [0, 0.05) is 0 Å². The van der Waals surface area contributed by atoms with Crippen molar-refractivity contribution in [1.82, 2.24) is 4.90 Å². The van der Waals surface area contributed by atoms with E-state index >= 15 is 0 Å². The number of sulfone groups is 1. The molecule has 0 bridgehead atoms. The zero-order valence-corrected chi connectivity index (χ0v) is 7.80. The third kappa shape index (κ3) is 1.49. The molecule has 1 aliphatic rings. The molecule has 0 aromatic rings. The van der Waals surface area contributed by atoms with Gasteiger partial charge in [-0.25, -0.2) is 13.4 Å². The number of rotatable bonds is 2. The molecule has 0 unspecified atom stereocenters. The highest BCUT2D eigenvalue weighted by Crippen LogP contribution is 2.11. The summed E-state index contributed by atoms with van der Waals surface area (Å²) >= 11 is 0. The van der Waals surface area contributed by atoms with Gasteiger partial charge in [0.05, 0.1) is 12.7 Å². The van der Waals surface area contributed by atoms with Gasteiger partial charge in [0.15, 0.2) is 10.1 Å². The Balaban J connectivity index is 2.88. The fraction of sp³-hybridized carbons (Fsp3) is 0.500. The molecule has 0 aliphatic carbocycles. The Hall–Kier alpha value is -0.880. The summed E-state index contributed by atoms with van der Waals surface area (Å²) in [7, 11) is 0.127. The predicted octanol–water partition coefficient (Wildman–Crippen LogP) is -0.867. The van der Waals surface area contributed by atoms with Crippen molar-refractivity contribution in [2.24, 2.45) is 10.7 Å². The van der Waals surface area contributed by atoms with Gasteiger partial charge in [-0.1, -0.05) is 0 Å². The molecule has 0 spiro atoms. The van der Waals surface area contributed by atoms with Crippen LogP contribution in [0.15, 0.2) is 16.2 Å². The molecule has 5 nitrogen and oxygen atoms in total. The zero-order valence-electron chi connectivity index (χ0n) is 6.98. The van der Waals surface area contributed by atoms with Gasteiger partial charge in [0.2, 0.25) is 9.84 Å². The van der Waals surface area contributed by atoms with E-state index in [0.717, 1.165) is 0 Å². The average molecular weight is 189 g/mol. The summed E-state index contributed by atoms with van der Waals surface area (Å²) in [5.74, 6) is 0. The van der Waals surface area contributed by atoms with E-state index in [4.69, 9.17) is 5.73 Å². The first-order valence-electron chi connectivity index (χ1n) is 3.36. The maximum absolute atomic E-state index is 11.3. The smallest absolute Gasteiger partial charge is 0.237 e. The van der Waals surface area contributed by atoms with Gasteiger partial charge in [-0.15, -0.1) is 0 Å². The van der Waals surface area contributed by atoms with E-state index < -0.39 is 9.84 Å². The second-order valence-corrected chi connectivity index (χ2v) is 4.75. The molecule has 1 rings (SSSR count). The number of hydrogen-bond donors (Lipinski definition) is 1. The summed E-state index contributed by atoms with van der Waals surface area (Å²) in [6.07, 6.45) is 1.17. The van der Waals surface area contributed by atoms with Crippen LogP contribution in [-0.4, -0.2) is 39.0 Å². The Morgan fingerprint density at radius 3 is 2.50 bits per heavy atom. The van der Waals surface area contributed by atoms with Crippen molar-refractivity contribution in [2.45, 2.75) is 0 Å². The molecule has 68 valence electrons. The van der Waals surface area contributed by atoms with Crippen LogP contribution in [0.4, 0.5) is 0 Å². The Labute approximate surface area is 71.5 Å². The van der Waals surface area contributed by atoms with Crippen molar-refractivity contribution >= 4 is 14.9 Å². The number of nitrogens with zero attached hydrogens (tertiary/aromatic N) is 2. The fourth-order valence-electron chi connectivity index (χ4n) is 0.807. The van der Waals surface area contributed by atoms with Crippen molar-refractivity contribution in [3.8, 4) is 0 Å². The summed E-state index contributed by atoms with van der Waals surface area (Å²) in [4.78, 5) is 5.43. The summed E-state index contributed by atoms with van der Waals surface area (Å²) < 4.78 is 22.6. The summed E-state index contributed by atoms with van der Waals surface area (Å²) in [5, 5.41) is -0.0515. The number of nitrogens with two attached hydrogens (primary N) is 1. The first-order valence-corrected chi connectivity index (χ1v) is 4.85.